The summed E-state index contributed by atoms with van der Waals surface area (Å²) < 4.78 is 13.5. The summed E-state index contributed by atoms with van der Waals surface area (Å²) in [6.45, 7) is 1.92. The number of methoxy groups -OCH3 is 2. The minimum absolute atomic E-state index is 0.0423. The maximum absolute atomic E-state index is 12.0. The zero-order valence-electron chi connectivity index (χ0n) is 18.1. The number of fused-ring (bicyclic) bond motifs is 3. The second kappa shape index (κ2) is 8.18. The predicted molar refractivity (Wildman–Crippen MR) is 123 cm³/mol. The maximum Gasteiger partial charge on any atom is 0.311 e. The summed E-state index contributed by atoms with van der Waals surface area (Å²) >= 11 is 6.08. The molecule has 0 atom stereocenters. The average molecular weight is 463 g/mol. The Labute approximate surface area is 193 Å². The fraction of sp³-hybridized carbons (Fsp3) is 0.174. The maximum atomic E-state index is 12.0. The van der Waals surface area contributed by atoms with Gasteiger partial charge in [-0.05, 0) is 48.9 Å². The number of aromatic nitrogens is 6. The van der Waals surface area contributed by atoms with Gasteiger partial charge in [0.1, 0.15) is 11.4 Å². The van der Waals surface area contributed by atoms with Gasteiger partial charge in [-0.2, -0.15) is 14.7 Å². The van der Waals surface area contributed by atoms with Crippen LogP contribution in [0.25, 0.3) is 33.6 Å². The highest BCUT2D eigenvalue weighted by atomic mass is 35.5. The molecule has 2 aromatic carbocycles. The summed E-state index contributed by atoms with van der Waals surface area (Å²) in [5.74, 6) is 0.338. The third kappa shape index (κ3) is 3.56. The lowest BCUT2D eigenvalue weighted by atomic mass is 10.1. The van der Waals surface area contributed by atoms with Crippen molar-refractivity contribution in [3.63, 3.8) is 0 Å². The molecule has 0 radical (unpaired) electrons. The van der Waals surface area contributed by atoms with Crippen molar-refractivity contribution in [3.05, 3.63) is 64.9 Å². The fourth-order valence-corrected chi connectivity index (χ4v) is 3.90. The molecular formula is C23H19ClN6O3. The smallest absolute Gasteiger partial charge is 0.311 e. The van der Waals surface area contributed by atoms with E-state index in [9.17, 15) is 4.79 Å². The zero-order chi connectivity index (χ0) is 23.1. The van der Waals surface area contributed by atoms with E-state index in [1.807, 2.05) is 43.3 Å². The number of nitrogens with zero attached hydrogens (tertiary/aromatic N) is 6. The number of rotatable bonds is 5. The van der Waals surface area contributed by atoms with Crippen LogP contribution in [0.15, 0.2) is 48.5 Å². The molecular weight excluding hydrogens is 444 g/mol. The molecule has 10 heteroatoms. The molecule has 9 nitrogen and oxygen atoms in total. The second-order valence-electron chi connectivity index (χ2n) is 7.38. The molecule has 0 spiro atoms. The van der Waals surface area contributed by atoms with Crippen LogP contribution in [0, 0.1) is 6.92 Å². The van der Waals surface area contributed by atoms with Crippen LogP contribution in [-0.2, 0) is 16.0 Å². The first-order valence-corrected chi connectivity index (χ1v) is 10.5. The number of aryl methyl sites for hydroxylation is 1. The lowest BCUT2D eigenvalue weighted by Gasteiger charge is -2.05. The number of hydrogen-bond acceptors (Lipinski definition) is 7. The number of carbonyl (C=O) groups excluding carboxylic acids is 1. The minimum atomic E-state index is -0.421. The molecule has 5 aromatic rings. The second-order valence-corrected chi connectivity index (χ2v) is 7.82. The normalized spacial score (nSPS) is 11.3. The number of carbonyl (C=O) groups is 1. The lowest BCUT2D eigenvalue weighted by molar-refractivity contribution is -0.139. The van der Waals surface area contributed by atoms with Gasteiger partial charge in [0.25, 0.3) is 0 Å². The highest BCUT2D eigenvalue weighted by molar-refractivity contribution is 6.30. The van der Waals surface area contributed by atoms with E-state index < -0.39 is 5.97 Å². The van der Waals surface area contributed by atoms with Gasteiger partial charge in [0.15, 0.2) is 16.8 Å². The Morgan fingerprint density at radius 3 is 2.39 bits per heavy atom. The quantitative estimate of drug-likeness (QED) is 0.366. The summed E-state index contributed by atoms with van der Waals surface area (Å²) in [5.41, 5.74) is 5.38. The number of halogens is 1. The lowest BCUT2D eigenvalue weighted by Crippen LogP contribution is -2.06. The molecule has 0 bridgehead atoms. The summed E-state index contributed by atoms with van der Waals surface area (Å²) in [6, 6.07) is 14.9. The standard InChI is InChI=1S/C23H19ClN6O3/c1-13-20(14-4-10-17(32-2)11-5-14)22-26-25-21-18(12-19(31)33-3)28-29(23(21)30(22)27-13)16-8-6-15(24)7-9-16/h4-11H,12H2,1-3H3. The van der Waals surface area contributed by atoms with Gasteiger partial charge in [-0.15, -0.1) is 10.2 Å². The van der Waals surface area contributed by atoms with Crippen molar-refractivity contribution in [1.29, 1.82) is 0 Å². The van der Waals surface area contributed by atoms with Crippen LogP contribution in [0.5, 0.6) is 5.75 Å². The van der Waals surface area contributed by atoms with Crippen LogP contribution in [0.2, 0.25) is 5.02 Å². The van der Waals surface area contributed by atoms with Crippen LogP contribution < -0.4 is 4.74 Å². The Bertz CT molecular complexity index is 1490. The van der Waals surface area contributed by atoms with E-state index in [0.717, 1.165) is 28.3 Å². The third-order valence-corrected chi connectivity index (χ3v) is 5.63. The van der Waals surface area contributed by atoms with E-state index in [-0.39, 0.29) is 6.42 Å². The van der Waals surface area contributed by atoms with Crippen molar-refractivity contribution in [2.24, 2.45) is 0 Å². The molecule has 0 saturated carbocycles. The van der Waals surface area contributed by atoms with Crippen LogP contribution in [-0.4, -0.2) is 49.8 Å². The van der Waals surface area contributed by atoms with Crippen molar-refractivity contribution >= 4 is 34.4 Å². The molecule has 0 aliphatic rings. The average Bonchev–Trinajstić information content (AvgIpc) is 3.36. The summed E-state index contributed by atoms with van der Waals surface area (Å²) in [7, 11) is 2.96. The first-order chi connectivity index (χ1) is 16.0. The minimum Gasteiger partial charge on any atom is -0.497 e. The van der Waals surface area contributed by atoms with Gasteiger partial charge >= 0.3 is 5.97 Å². The molecule has 0 fully saturated rings. The van der Waals surface area contributed by atoms with Crippen molar-refractivity contribution in [1.82, 2.24) is 29.6 Å². The summed E-state index contributed by atoms with van der Waals surface area (Å²) in [5, 5.41) is 18.9. The molecule has 166 valence electrons. The van der Waals surface area contributed by atoms with Gasteiger partial charge in [0, 0.05) is 5.02 Å². The van der Waals surface area contributed by atoms with Crippen molar-refractivity contribution in [2.45, 2.75) is 13.3 Å². The van der Waals surface area contributed by atoms with E-state index in [1.165, 1.54) is 7.11 Å². The molecule has 3 heterocycles. The Hall–Kier alpha value is -3.98. The SMILES string of the molecule is COC(=O)Cc1nn(-c2ccc(Cl)cc2)c2c1nnc1c(-c3ccc(OC)cc3)c(C)nn12. The van der Waals surface area contributed by atoms with Crippen LogP contribution >= 0.6 is 11.6 Å². The van der Waals surface area contributed by atoms with Crippen molar-refractivity contribution in [3.8, 4) is 22.6 Å². The molecule has 0 amide bonds. The van der Waals surface area contributed by atoms with Gasteiger partial charge in [-0.3, -0.25) is 4.79 Å². The highest BCUT2D eigenvalue weighted by Gasteiger charge is 2.23. The molecule has 0 unspecified atom stereocenters. The van der Waals surface area contributed by atoms with E-state index in [0.29, 0.717) is 27.5 Å². The van der Waals surface area contributed by atoms with Crippen LogP contribution in [0.4, 0.5) is 0 Å². The molecule has 0 saturated heterocycles. The zero-order valence-corrected chi connectivity index (χ0v) is 18.9. The topological polar surface area (TPSA) is 96.4 Å². The predicted octanol–water partition coefficient (Wildman–Crippen LogP) is 3.82. The molecule has 0 aliphatic carbocycles. The molecule has 0 aliphatic heterocycles. The van der Waals surface area contributed by atoms with Crippen LogP contribution in [0.1, 0.15) is 11.4 Å². The number of esters is 1. The van der Waals surface area contributed by atoms with Gasteiger partial charge in [0.2, 0.25) is 0 Å². The van der Waals surface area contributed by atoms with Crippen LogP contribution in [0.3, 0.4) is 0 Å². The van der Waals surface area contributed by atoms with E-state index in [4.69, 9.17) is 26.2 Å². The first kappa shape index (κ1) is 20.9. The molecule has 0 N–H and O–H groups in total. The largest absolute Gasteiger partial charge is 0.497 e. The van der Waals surface area contributed by atoms with Gasteiger partial charge in [-0.25, -0.2) is 4.68 Å². The highest BCUT2D eigenvalue weighted by Crippen LogP contribution is 2.31. The number of benzene rings is 2. The number of ether oxygens (including phenoxy) is 2. The summed E-state index contributed by atoms with van der Waals surface area (Å²) in [4.78, 5) is 12.0. The monoisotopic (exact) mass is 462 g/mol. The van der Waals surface area contributed by atoms with Gasteiger partial charge in [0.05, 0.1) is 37.6 Å². The number of hydrogen-bond donors (Lipinski definition) is 0. The Balaban J connectivity index is 1.79. The van der Waals surface area contributed by atoms with Gasteiger partial charge < -0.3 is 9.47 Å². The van der Waals surface area contributed by atoms with E-state index >= 15 is 0 Å². The van der Waals surface area contributed by atoms with Gasteiger partial charge in [-0.1, -0.05) is 23.7 Å². The molecule has 3 aromatic heterocycles. The molecule has 33 heavy (non-hydrogen) atoms. The fourth-order valence-electron chi connectivity index (χ4n) is 3.78. The van der Waals surface area contributed by atoms with E-state index in [1.54, 1.807) is 28.4 Å². The Kier molecular flexibility index (Phi) is 5.18. The summed E-state index contributed by atoms with van der Waals surface area (Å²) in [6.07, 6.45) is -0.0423. The first-order valence-electron chi connectivity index (χ1n) is 10.1. The Morgan fingerprint density at radius 1 is 1.00 bits per heavy atom. The molecule has 5 rings (SSSR count). The van der Waals surface area contributed by atoms with Crippen molar-refractivity contribution in [2.75, 3.05) is 14.2 Å². The third-order valence-electron chi connectivity index (χ3n) is 5.38. The van der Waals surface area contributed by atoms with E-state index in [2.05, 4.69) is 15.3 Å². The Morgan fingerprint density at radius 2 is 1.73 bits per heavy atom. The van der Waals surface area contributed by atoms with Crippen molar-refractivity contribution < 1.29 is 14.3 Å².